The second kappa shape index (κ2) is 2.75. The average molecular weight is 173 g/mol. The minimum absolute atomic E-state index is 0.0563. The molecule has 1 amide bonds. The molecule has 0 aliphatic rings. The molecule has 0 aromatic carbocycles. The van der Waals surface area contributed by atoms with Crippen LogP contribution in [-0.2, 0) is 0 Å². The van der Waals surface area contributed by atoms with Crippen molar-refractivity contribution < 1.29 is 4.79 Å². The first-order valence-electron chi connectivity index (χ1n) is 2.80. The number of H-pyrrole nitrogens is 1. The number of halogens is 1. The Labute approximate surface area is 67.0 Å². The number of nitrogens with two attached hydrogens (primary N) is 1. The third kappa shape index (κ3) is 1.40. The van der Waals surface area contributed by atoms with Gasteiger partial charge in [-0.3, -0.25) is 9.59 Å². The lowest BCUT2D eigenvalue weighted by Crippen LogP contribution is -2.17. The molecule has 1 aromatic heterocycles. The monoisotopic (exact) mass is 172 g/mol. The fraction of sp³-hybridized carbons (Fsp3) is 0. The van der Waals surface area contributed by atoms with Gasteiger partial charge in [-0.05, 0) is 0 Å². The number of carbonyl (C=O) groups is 1. The van der Waals surface area contributed by atoms with Crippen molar-refractivity contribution in [2.45, 2.75) is 0 Å². The van der Waals surface area contributed by atoms with Crippen molar-refractivity contribution in [2.24, 2.45) is 5.73 Å². The maximum absolute atomic E-state index is 10.8. The van der Waals surface area contributed by atoms with E-state index in [2.05, 4.69) is 4.98 Å². The van der Waals surface area contributed by atoms with Crippen LogP contribution in [0.1, 0.15) is 10.5 Å². The number of nitrogens with one attached hydrogen (secondary N) is 1. The standard InChI is InChI=1S/C6H5ClN2O2/c7-4-3(10)1-2-9-5(4)6(8)11/h1-2H,(H2,8,11)(H,9,10). The third-order valence-electron chi connectivity index (χ3n) is 1.14. The number of pyridine rings is 1. The van der Waals surface area contributed by atoms with Crippen molar-refractivity contribution >= 4 is 17.5 Å². The van der Waals surface area contributed by atoms with Gasteiger partial charge in [0.2, 0.25) is 5.43 Å². The van der Waals surface area contributed by atoms with E-state index in [9.17, 15) is 9.59 Å². The van der Waals surface area contributed by atoms with E-state index >= 15 is 0 Å². The summed E-state index contributed by atoms with van der Waals surface area (Å²) in [5, 5.41) is -0.167. The third-order valence-corrected chi connectivity index (χ3v) is 1.52. The van der Waals surface area contributed by atoms with Gasteiger partial charge in [-0.25, -0.2) is 0 Å². The Morgan fingerprint density at radius 1 is 1.64 bits per heavy atom. The normalized spacial score (nSPS) is 9.55. The molecular formula is C6H5ClN2O2. The first kappa shape index (κ1) is 7.81. The van der Waals surface area contributed by atoms with Crippen LogP contribution < -0.4 is 11.2 Å². The minimum atomic E-state index is -0.743. The largest absolute Gasteiger partial charge is 0.364 e. The molecule has 0 aliphatic heterocycles. The van der Waals surface area contributed by atoms with Crippen molar-refractivity contribution in [3.8, 4) is 0 Å². The number of rotatable bonds is 1. The highest BCUT2D eigenvalue weighted by Gasteiger charge is 2.07. The van der Waals surface area contributed by atoms with E-state index in [0.29, 0.717) is 0 Å². The zero-order valence-electron chi connectivity index (χ0n) is 5.43. The van der Waals surface area contributed by atoms with E-state index in [1.807, 2.05) is 0 Å². The van der Waals surface area contributed by atoms with Gasteiger partial charge in [0.1, 0.15) is 10.7 Å². The zero-order chi connectivity index (χ0) is 8.43. The van der Waals surface area contributed by atoms with Crippen LogP contribution in [0.25, 0.3) is 0 Å². The first-order valence-corrected chi connectivity index (χ1v) is 3.17. The van der Waals surface area contributed by atoms with Crippen molar-refractivity contribution in [1.82, 2.24) is 4.98 Å². The van der Waals surface area contributed by atoms with Gasteiger partial charge >= 0.3 is 0 Å². The molecule has 0 radical (unpaired) electrons. The lowest BCUT2D eigenvalue weighted by molar-refractivity contribution is 0.0995. The van der Waals surface area contributed by atoms with E-state index in [-0.39, 0.29) is 10.7 Å². The predicted molar refractivity (Wildman–Crippen MR) is 40.6 cm³/mol. The molecule has 0 saturated heterocycles. The Kier molecular flexibility index (Phi) is 1.96. The van der Waals surface area contributed by atoms with Gasteiger partial charge in [0.15, 0.2) is 0 Å². The second-order valence-electron chi connectivity index (χ2n) is 1.90. The van der Waals surface area contributed by atoms with Crippen LogP contribution in [0.4, 0.5) is 0 Å². The SMILES string of the molecule is NC(=O)c1[nH]ccc(=O)c1Cl. The Balaban J connectivity index is 3.39. The topological polar surface area (TPSA) is 76.0 Å². The first-order chi connectivity index (χ1) is 5.13. The second-order valence-corrected chi connectivity index (χ2v) is 2.27. The summed E-state index contributed by atoms with van der Waals surface area (Å²) in [4.78, 5) is 23.8. The fourth-order valence-corrected chi connectivity index (χ4v) is 0.850. The summed E-state index contributed by atoms with van der Waals surface area (Å²) in [5.41, 5.74) is 4.42. The Bertz CT molecular complexity index is 345. The summed E-state index contributed by atoms with van der Waals surface area (Å²) < 4.78 is 0. The molecule has 0 unspecified atom stereocenters. The molecule has 1 aromatic rings. The molecule has 0 fully saturated rings. The predicted octanol–water partition coefficient (Wildman–Crippen LogP) is 0.127. The van der Waals surface area contributed by atoms with E-state index in [4.69, 9.17) is 17.3 Å². The molecule has 3 N–H and O–H groups in total. The Morgan fingerprint density at radius 3 is 2.73 bits per heavy atom. The van der Waals surface area contributed by atoms with Gasteiger partial charge < -0.3 is 10.7 Å². The molecule has 4 nitrogen and oxygen atoms in total. The molecular weight excluding hydrogens is 168 g/mol. The summed E-state index contributed by atoms with van der Waals surface area (Å²) in [6.45, 7) is 0. The average Bonchev–Trinajstić information content (AvgIpc) is 1.94. The highest BCUT2D eigenvalue weighted by molar-refractivity contribution is 6.33. The molecule has 5 heteroatoms. The highest BCUT2D eigenvalue weighted by atomic mass is 35.5. The van der Waals surface area contributed by atoms with Crippen LogP contribution in [-0.4, -0.2) is 10.9 Å². The van der Waals surface area contributed by atoms with Gasteiger partial charge in [0, 0.05) is 12.3 Å². The van der Waals surface area contributed by atoms with Crippen LogP contribution in [0.5, 0.6) is 0 Å². The number of hydrogen-bond donors (Lipinski definition) is 2. The van der Waals surface area contributed by atoms with E-state index in [1.54, 1.807) is 0 Å². The maximum atomic E-state index is 10.8. The number of aromatic nitrogens is 1. The van der Waals surface area contributed by atoms with Crippen molar-refractivity contribution in [3.63, 3.8) is 0 Å². The van der Waals surface area contributed by atoms with Crippen LogP contribution in [0.2, 0.25) is 5.02 Å². The van der Waals surface area contributed by atoms with Gasteiger partial charge in [0.25, 0.3) is 5.91 Å². The smallest absolute Gasteiger partial charge is 0.266 e. The maximum Gasteiger partial charge on any atom is 0.266 e. The molecule has 58 valence electrons. The molecule has 1 rings (SSSR count). The Morgan fingerprint density at radius 2 is 2.27 bits per heavy atom. The van der Waals surface area contributed by atoms with Gasteiger partial charge in [0.05, 0.1) is 0 Å². The van der Waals surface area contributed by atoms with Crippen molar-refractivity contribution in [1.29, 1.82) is 0 Å². The summed E-state index contributed by atoms with van der Waals surface area (Å²) in [5.74, 6) is -0.743. The fourth-order valence-electron chi connectivity index (χ4n) is 0.640. The molecule has 0 spiro atoms. The lowest BCUT2D eigenvalue weighted by atomic mass is 10.3. The number of hydrogen-bond acceptors (Lipinski definition) is 2. The lowest BCUT2D eigenvalue weighted by Gasteiger charge is -1.95. The zero-order valence-corrected chi connectivity index (χ0v) is 6.18. The van der Waals surface area contributed by atoms with Crippen LogP contribution >= 0.6 is 11.6 Å². The van der Waals surface area contributed by atoms with Gasteiger partial charge in [-0.1, -0.05) is 11.6 Å². The number of primary amides is 1. The highest BCUT2D eigenvalue weighted by Crippen LogP contribution is 2.04. The van der Waals surface area contributed by atoms with Crippen LogP contribution in [0, 0.1) is 0 Å². The minimum Gasteiger partial charge on any atom is -0.364 e. The molecule has 11 heavy (non-hydrogen) atoms. The Hall–Kier alpha value is -1.29. The quantitative estimate of drug-likeness (QED) is 0.632. The van der Waals surface area contributed by atoms with Gasteiger partial charge in [-0.2, -0.15) is 0 Å². The van der Waals surface area contributed by atoms with Gasteiger partial charge in [-0.15, -0.1) is 0 Å². The van der Waals surface area contributed by atoms with E-state index < -0.39 is 11.3 Å². The van der Waals surface area contributed by atoms with Crippen LogP contribution in [0.3, 0.4) is 0 Å². The number of aromatic amines is 1. The van der Waals surface area contributed by atoms with Crippen LogP contribution in [0.15, 0.2) is 17.1 Å². The molecule has 0 aliphatic carbocycles. The molecule has 1 heterocycles. The number of amides is 1. The molecule has 0 atom stereocenters. The summed E-state index contributed by atoms with van der Waals surface area (Å²) in [6.07, 6.45) is 1.31. The van der Waals surface area contributed by atoms with Crippen molar-refractivity contribution in [2.75, 3.05) is 0 Å². The van der Waals surface area contributed by atoms with Crippen molar-refractivity contribution in [3.05, 3.63) is 33.2 Å². The summed E-state index contributed by atoms with van der Waals surface area (Å²) in [6, 6.07) is 1.22. The number of carbonyl (C=O) groups excluding carboxylic acids is 1. The molecule has 0 saturated carbocycles. The molecule has 0 bridgehead atoms. The summed E-state index contributed by atoms with van der Waals surface area (Å²) in [7, 11) is 0. The summed E-state index contributed by atoms with van der Waals surface area (Å²) >= 11 is 5.44. The van der Waals surface area contributed by atoms with E-state index in [0.717, 1.165) is 0 Å². The van der Waals surface area contributed by atoms with E-state index in [1.165, 1.54) is 12.3 Å².